The summed E-state index contributed by atoms with van der Waals surface area (Å²) in [6, 6.07) is 0. The molecule has 0 spiro atoms. The van der Waals surface area contributed by atoms with Crippen molar-refractivity contribution in [3.05, 3.63) is 5.82 Å². The van der Waals surface area contributed by atoms with Gasteiger partial charge in [-0.1, -0.05) is 0 Å². The molecule has 7 heteroatoms. The van der Waals surface area contributed by atoms with Crippen molar-refractivity contribution in [3.8, 4) is 0 Å². The first-order valence-electron chi connectivity index (χ1n) is 3.34. The zero-order valence-electron chi connectivity index (χ0n) is 6.84. The largest absolute Gasteiger partial charge is 0.404 e. The van der Waals surface area contributed by atoms with Crippen LogP contribution in [0, 0.1) is 6.92 Å². The van der Waals surface area contributed by atoms with Gasteiger partial charge in [0, 0.05) is 0 Å². The summed E-state index contributed by atoms with van der Waals surface area (Å²) in [5, 5.41) is 5.68. The molecule has 0 saturated carbocycles. The van der Waals surface area contributed by atoms with Crippen molar-refractivity contribution in [2.45, 2.75) is 6.92 Å². The van der Waals surface area contributed by atoms with Crippen LogP contribution in [0.1, 0.15) is 5.82 Å². The lowest BCUT2D eigenvalue weighted by atomic mass is 10.4. The molecule has 0 atom stereocenters. The summed E-state index contributed by atoms with van der Waals surface area (Å²) in [4.78, 5) is 12.1. The van der Waals surface area contributed by atoms with Crippen LogP contribution in [0.4, 0.5) is 11.9 Å². The molecule has 56 valence electrons. The van der Waals surface area contributed by atoms with Gasteiger partial charge in [0.25, 0.3) is 0 Å². The van der Waals surface area contributed by atoms with Gasteiger partial charge in [-0.2, -0.15) is 15.0 Å². The highest BCUT2D eigenvalue weighted by molar-refractivity contribution is 6.16. The van der Waals surface area contributed by atoms with Gasteiger partial charge >= 0.3 is 0 Å². The second-order valence-corrected chi connectivity index (χ2v) is 2.03. The van der Waals surface area contributed by atoms with E-state index in [1.165, 1.54) is 0 Å². The molecule has 1 aromatic rings. The van der Waals surface area contributed by atoms with Crippen molar-refractivity contribution < 1.29 is 0 Å². The molecule has 0 aromatic carbocycles. The minimum absolute atomic E-state index is 0.585. The van der Waals surface area contributed by atoms with Crippen LogP contribution in [0.25, 0.3) is 0 Å². The molecule has 0 aliphatic heterocycles. The Bertz CT molecular complexity index is 230. The highest BCUT2D eigenvalue weighted by Crippen LogP contribution is 2.01. The molecular weight excluding hydrogens is 140 g/mol. The lowest BCUT2D eigenvalue weighted by molar-refractivity contribution is 1.000. The van der Waals surface area contributed by atoms with Crippen LogP contribution in [0.3, 0.4) is 0 Å². The number of anilines is 2. The number of aromatic nitrogens is 3. The molecule has 1 heterocycles. The fraction of sp³-hybridized carbons (Fsp3) is 0.250. The van der Waals surface area contributed by atoms with Gasteiger partial charge in [0.2, 0.25) is 27.9 Å². The summed E-state index contributed by atoms with van der Waals surface area (Å²) in [5.74, 6) is 1.87. The van der Waals surface area contributed by atoms with E-state index in [1.807, 2.05) is 6.92 Å². The van der Waals surface area contributed by atoms with Gasteiger partial charge in [-0.25, -0.2) is 0 Å². The molecule has 1 rings (SSSR count). The molecule has 0 amide bonds. The maximum absolute atomic E-state index is 4.03. The minimum atomic E-state index is 0.585. The molecule has 0 bridgehead atoms. The minimum Gasteiger partial charge on any atom is -0.404 e. The Morgan fingerprint density at radius 3 is 1.82 bits per heavy atom. The van der Waals surface area contributed by atoms with Crippen molar-refractivity contribution in [2.24, 2.45) is 0 Å². The standard InChI is InChI=1S/C4H9B2N5/c1-2-7-3(10-5)9-4(8-2)11-6/h5-6H2,1H3,(H2,7,8,9,10,11). The lowest BCUT2D eigenvalue weighted by Gasteiger charge is -2.02. The summed E-state index contributed by atoms with van der Waals surface area (Å²) in [6.45, 7) is 1.82. The average Bonchev–Trinajstić information content (AvgIpc) is 2.03. The first kappa shape index (κ1) is 7.84. The van der Waals surface area contributed by atoms with Gasteiger partial charge in [0.05, 0.1) is 0 Å². The molecule has 11 heavy (non-hydrogen) atoms. The summed E-state index contributed by atoms with van der Waals surface area (Å²) in [6.07, 6.45) is 0. The van der Waals surface area contributed by atoms with Crippen molar-refractivity contribution >= 4 is 27.9 Å². The normalized spacial score (nSPS) is 9.18. The van der Waals surface area contributed by atoms with E-state index >= 15 is 0 Å². The highest BCUT2D eigenvalue weighted by Gasteiger charge is 1.97. The van der Waals surface area contributed by atoms with Crippen LogP contribution < -0.4 is 10.5 Å². The lowest BCUT2D eigenvalue weighted by Crippen LogP contribution is -2.06. The molecule has 0 aliphatic rings. The number of nitrogens with zero attached hydrogens (tertiary/aromatic N) is 3. The van der Waals surface area contributed by atoms with E-state index in [-0.39, 0.29) is 0 Å². The summed E-state index contributed by atoms with van der Waals surface area (Å²) in [7, 11) is 3.54. The molecule has 0 unspecified atom stereocenters. The number of hydrogen-bond donors (Lipinski definition) is 2. The Morgan fingerprint density at radius 1 is 1.00 bits per heavy atom. The maximum atomic E-state index is 4.03. The van der Waals surface area contributed by atoms with Gasteiger partial charge in [-0.15, -0.1) is 0 Å². The molecule has 2 N–H and O–H groups in total. The number of rotatable bonds is 2. The fourth-order valence-corrected chi connectivity index (χ4v) is 0.705. The van der Waals surface area contributed by atoms with Gasteiger partial charge in [0.15, 0.2) is 0 Å². The van der Waals surface area contributed by atoms with Crippen LogP contribution in [0.5, 0.6) is 0 Å². The van der Waals surface area contributed by atoms with E-state index in [2.05, 4.69) is 25.4 Å². The highest BCUT2D eigenvalue weighted by atomic mass is 15.2. The van der Waals surface area contributed by atoms with Gasteiger partial charge in [-0.05, 0) is 6.92 Å². The quantitative estimate of drug-likeness (QED) is 0.480. The molecule has 0 saturated heterocycles. The molecule has 0 radical (unpaired) electrons. The third-order valence-corrected chi connectivity index (χ3v) is 1.19. The van der Waals surface area contributed by atoms with E-state index in [0.717, 1.165) is 0 Å². The Kier molecular flexibility index (Phi) is 2.30. The van der Waals surface area contributed by atoms with E-state index in [0.29, 0.717) is 17.7 Å². The second kappa shape index (κ2) is 3.23. The van der Waals surface area contributed by atoms with Crippen LogP contribution in [-0.2, 0) is 0 Å². The van der Waals surface area contributed by atoms with Gasteiger partial charge in [-0.3, -0.25) is 0 Å². The van der Waals surface area contributed by atoms with Crippen LogP contribution in [0.2, 0.25) is 0 Å². The third-order valence-electron chi connectivity index (χ3n) is 1.19. The van der Waals surface area contributed by atoms with E-state index < -0.39 is 0 Å². The second-order valence-electron chi connectivity index (χ2n) is 2.03. The third kappa shape index (κ3) is 1.83. The number of nitrogens with one attached hydrogen (secondary N) is 2. The van der Waals surface area contributed by atoms with E-state index in [9.17, 15) is 0 Å². The maximum Gasteiger partial charge on any atom is 0.217 e. The van der Waals surface area contributed by atoms with Crippen molar-refractivity contribution in [3.63, 3.8) is 0 Å². The first-order chi connectivity index (χ1) is 5.26. The molecule has 0 fully saturated rings. The molecule has 1 aromatic heterocycles. The summed E-state index contributed by atoms with van der Waals surface area (Å²) in [5.41, 5.74) is 0. The van der Waals surface area contributed by atoms with Crippen molar-refractivity contribution in [1.29, 1.82) is 0 Å². The van der Waals surface area contributed by atoms with Gasteiger partial charge < -0.3 is 10.5 Å². The van der Waals surface area contributed by atoms with Crippen molar-refractivity contribution in [1.82, 2.24) is 15.0 Å². The predicted molar refractivity (Wildman–Crippen MR) is 48.9 cm³/mol. The molecule has 0 aliphatic carbocycles. The van der Waals surface area contributed by atoms with E-state index in [1.54, 1.807) is 16.0 Å². The average molecular weight is 149 g/mol. The fourth-order valence-electron chi connectivity index (χ4n) is 0.705. The van der Waals surface area contributed by atoms with Crippen LogP contribution in [0.15, 0.2) is 0 Å². The SMILES string of the molecule is BNc1nc(C)nc(NB)n1. The molecular formula is C4H9B2N5. The smallest absolute Gasteiger partial charge is 0.217 e. The zero-order valence-corrected chi connectivity index (χ0v) is 6.84. The van der Waals surface area contributed by atoms with Crippen molar-refractivity contribution in [2.75, 3.05) is 10.5 Å². The number of hydrogen-bond acceptors (Lipinski definition) is 5. The Hall–Kier alpha value is -1.26. The summed E-state index contributed by atoms with van der Waals surface area (Å²) >= 11 is 0. The Labute approximate surface area is 66.9 Å². The number of aryl methyl sites for hydroxylation is 1. The zero-order chi connectivity index (χ0) is 8.27. The Balaban J connectivity index is 3.02. The first-order valence-corrected chi connectivity index (χ1v) is 3.34. The molecule has 5 nitrogen and oxygen atoms in total. The van der Waals surface area contributed by atoms with Crippen LogP contribution in [-0.4, -0.2) is 30.9 Å². The van der Waals surface area contributed by atoms with Gasteiger partial charge in [0.1, 0.15) is 5.82 Å². The van der Waals surface area contributed by atoms with E-state index in [4.69, 9.17) is 0 Å². The topological polar surface area (TPSA) is 62.7 Å². The Morgan fingerprint density at radius 2 is 1.45 bits per heavy atom. The van der Waals surface area contributed by atoms with Crippen LogP contribution >= 0.6 is 0 Å². The summed E-state index contributed by atoms with van der Waals surface area (Å²) < 4.78 is 0. The monoisotopic (exact) mass is 149 g/mol. The predicted octanol–water partition coefficient (Wildman–Crippen LogP) is -1.90.